The molecule has 2 rings (SSSR count). The van der Waals surface area contributed by atoms with E-state index in [0.717, 1.165) is 6.07 Å². The highest BCUT2D eigenvalue weighted by Gasteiger charge is 2.33. The van der Waals surface area contributed by atoms with Crippen molar-refractivity contribution in [2.45, 2.75) is 6.18 Å². The first-order valence-corrected chi connectivity index (χ1v) is 7.43. The van der Waals surface area contributed by atoms with Gasteiger partial charge in [0.05, 0.1) is 15.6 Å². The summed E-state index contributed by atoms with van der Waals surface area (Å²) in [5, 5.41) is 0.679. The summed E-state index contributed by atoms with van der Waals surface area (Å²) >= 11 is 19.5. The Kier molecular flexibility index (Phi) is 4.79. The Labute approximate surface area is 142 Å². The molecule has 106 valence electrons. The number of hydrogen-bond acceptors (Lipinski definition) is 0. The highest BCUT2D eigenvalue weighted by Crippen LogP contribution is 2.42. The maximum atomic E-state index is 12.9. The summed E-state index contributed by atoms with van der Waals surface area (Å²) in [5.74, 6) is 0. The van der Waals surface area contributed by atoms with Crippen molar-refractivity contribution in [3.63, 3.8) is 0 Å². The van der Waals surface area contributed by atoms with E-state index in [1.54, 1.807) is 28.7 Å². The monoisotopic (exact) mass is 450 g/mol. The molecule has 0 N–H and O–H groups in total. The Morgan fingerprint density at radius 2 is 1.60 bits per heavy atom. The van der Waals surface area contributed by atoms with Gasteiger partial charge in [0.15, 0.2) is 0 Å². The Morgan fingerprint density at radius 3 is 2.20 bits per heavy atom. The van der Waals surface area contributed by atoms with E-state index in [-0.39, 0.29) is 13.6 Å². The third-order valence-electron chi connectivity index (χ3n) is 2.59. The van der Waals surface area contributed by atoms with Gasteiger partial charge in [-0.2, -0.15) is 13.2 Å². The van der Waals surface area contributed by atoms with Gasteiger partial charge in [0, 0.05) is 14.2 Å². The Balaban J connectivity index is 2.72. The fourth-order valence-corrected chi connectivity index (χ4v) is 3.37. The van der Waals surface area contributed by atoms with Crippen molar-refractivity contribution in [1.29, 1.82) is 0 Å². The molecule has 0 atom stereocenters. The smallest absolute Gasteiger partial charge is 0.166 e. The van der Waals surface area contributed by atoms with E-state index in [1.807, 2.05) is 0 Å². The van der Waals surface area contributed by atoms with E-state index in [1.165, 1.54) is 18.2 Å². The third-order valence-corrected chi connectivity index (χ3v) is 4.77. The lowest BCUT2D eigenvalue weighted by molar-refractivity contribution is -0.138. The van der Waals surface area contributed by atoms with E-state index in [4.69, 9.17) is 34.8 Å². The van der Waals surface area contributed by atoms with Crippen molar-refractivity contribution in [2.75, 3.05) is 0 Å². The first-order valence-electron chi connectivity index (χ1n) is 5.22. The molecular formula is C13H5Cl3F3I. The summed E-state index contributed by atoms with van der Waals surface area (Å²) in [6.45, 7) is 0. The van der Waals surface area contributed by atoms with E-state index < -0.39 is 11.7 Å². The Bertz CT molecular complexity index is 669. The van der Waals surface area contributed by atoms with Crippen LogP contribution in [-0.2, 0) is 6.18 Å². The molecule has 0 radical (unpaired) electrons. The Hall–Kier alpha value is -0.170. The van der Waals surface area contributed by atoms with Crippen LogP contribution < -0.4 is 0 Å². The van der Waals surface area contributed by atoms with Gasteiger partial charge in [0.25, 0.3) is 0 Å². The van der Waals surface area contributed by atoms with Gasteiger partial charge < -0.3 is 0 Å². The Morgan fingerprint density at radius 1 is 0.950 bits per heavy atom. The van der Waals surface area contributed by atoms with Crippen molar-refractivity contribution in [2.24, 2.45) is 0 Å². The SMILES string of the molecule is FC(F)(F)c1cccc(-c2cc(Cl)cc(Cl)c2Cl)c1I. The molecule has 2 aromatic rings. The van der Waals surface area contributed by atoms with E-state index >= 15 is 0 Å². The third kappa shape index (κ3) is 3.18. The standard InChI is InChI=1S/C13H5Cl3F3I/c14-6-4-8(11(16)10(15)5-6)7-2-1-3-9(12(7)20)13(17,18)19/h1-5H. The van der Waals surface area contributed by atoms with E-state index in [2.05, 4.69) is 0 Å². The molecule has 0 aromatic heterocycles. The van der Waals surface area contributed by atoms with Crippen LogP contribution in [0.4, 0.5) is 13.2 Å². The van der Waals surface area contributed by atoms with Crippen molar-refractivity contribution in [1.82, 2.24) is 0 Å². The summed E-state index contributed by atoms with van der Waals surface area (Å²) in [5.41, 5.74) is -0.00254. The number of halogens is 7. The molecule has 0 aliphatic rings. The molecule has 0 aliphatic carbocycles. The largest absolute Gasteiger partial charge is 0.417 e. The zero-order valence-electron chi connectivity index (χ0n) is 9.53. The quantitative estimate of drug-likeness (QED) is 0.326. The molecule has 0 heterocycles. The van der Waals surface area contributed by atoms with Gasteiger partial charge in [-0.1, -0.05) is 46.9 Å². The fourth-order valence-electron chi connectivity index (χ4n) is 1.71. The minimum absolute atomic E-state index is 0.0535. The van der Waals surface area contributed by atoms with Gasteiger partial charge in [-0.15, -0.1) is 0 Å². The summed E-state index contributed by atoms with van der Waals surface area (Å²) in [6, 6.07) is 6.82. The number of hydrogen-bond donors (Lipinski definition) is 0. The first kappa shape index (κ1) is 16.2. The second-order valence-electron chi connectivity index (χ2n) is 3.91. The van der Waals surface area contributed by atoms with Crippen LogP contribution in [-0.4, -0.2) is 0 Å². The summed E-state index contributed by atoms with van der Waals surface area (Å²) in [7, 11) is 0. The van der Waals surface area contributed by atoms with E-state index in [0.29, 0.717) is 16.1 Å². The van der Waals surface area contributed by atoms with Crippen LogP contribution in [0.15, 0.2) is 30.3 Å². The second kappa shape index (κ2) is 5.91. The lowest BCUT2D eigenvalue weighted by atomic mass is 10.0. The second-order valence-corrected chi connectivity index (χ2v) is 6.21. The summed E-state index contributed by atoms with van der Waals surface area (Å²) in [4.78, 5) is 0. The summed E-state index contributed by atoms with van der Waals surface area (Å²) < 4.78 is 38.8. The van der Waals surface area contributed by atoms with Crippen LogP contribution >= 0.6 is 57.4 Å². The molecule has 2 aromatic carbocycles. The molecule has 7 heteroatoms. The fraction of sp³-hybridized carbons (Fsp3) is 0.0769. The van der Waals surface area contributed by atoms with Crippen LogP contribution in [0, 0.1) is 3.57 Å². The lowest BCUT2D eigenvalue weighted by Crippen LogP contribution is -2.08. The first-order chi connectivity index (χ1) is 9.21. The number of benzene rings is 2. The molecular weight excluding hydrogens is 446 g/mol. The molecule has 20 heavy (non-hydrogen) atoms. The molecule has 0 nitrogen and oxygen atoms in total. The van der Waals surface area contributed by atoms with Gasteiger partial charge >= 0.3 is 6.18 Å². The minimum atomic E-state index is -4.43. The van der Waals surface area contributed by atoms with E-state index in [9.17, 15) is 13.2 Å². The zero-order valence-corrected chi connectivity index (χ0v) is 14.0. The van der Waals surface area contributed by atoms with Crippen LogP contribution in [0.3, 0.4) is 0 Å². The highest BCUT2D eigenvalue weighted by molar-refractivity contribution is 14.1. The molecule has 0 spiro atoms. The topological polar surface area (TPSA) is 0 Å². The lowest BCUT2D eigenvalue weighted by Gasteiger charge is -2.14. The number of alkyl halides is 3. The zero-order chi connectivity index (χ0) is 15.1. The van der Waals surface area contributed by atoms with Crippen LogP contribution in [0.25, 0.3) is 11.1 Å². The molecule has 0 aliphatic heterocycles. The van der Waals surface area contributed by atoms with Crippen LogP contribution in [0.5, 0.6) is 0 Å². The maximum Gasteiger partial charge on any atom is 0.417 e. The van der Waals surface area contributed by atoms with Crippen molar-refractivity contribution in [3.8, 4) is 11.1 Å². The summed E-state index contributed by atoms with van der Waals surface area (Å²) in [6.07, 6.45) is -4.43. The molecule has 0 unspecified atom stereocenters. The molecule has 0 saturated carbocycles. The van der Waals surface area contributed by atoms with Crippen molar-refractivity contribution >= 4 is 57.4 Å². The van der Waals surface area contributed by atoms with Gasteiger partial charge in [0.2, 0.25) is 0 Å². The average molecular weight is 451 g/mol. The average Bonchev–Trinajstić information content (AvgIpc) is 2.33. The number of rotatable bonds is 1. The van der Waals surface area contributed by atoms with Gasteiger partial charge in [0.1, 0.15) is 0 Å². The van der Waals surface area contributed by atoms with Gasteiger partial charge in [-0.25, -0.2) is 0 Å². The normalized spacial score (nSPS) is 11.8. The predicted octanol–water partition coefficient (Wildman–Crippen LogP) is 6.94. The van der Waals surface area contributed by atoms with Crippen LogP contribution in [0.2, 0.25) is 15.1 Å². The molecule has 0 bridgehead atoms. The highest BCUT2D eigenvalue weighted by atomic mass is 127. The van der Waals surface area contributed by atoms with Crippen molar-refractivity contribution in [3.05, 3.63) is 54.5 Å². The minimum Gasteiger partial charge on any atom is -0.166 e. The van der Waals surface area contributed by atoms with Gasteiger partial charge in [-0.3, -0.25) is 0 Å². The molecule has 0 amide bonds. The predicted molar refractivity (Wildman–Crippen MR) is 84.6 cm³/mol. The van der Waals surface area contributed by atoms with Crippen molar-refractivity contribution < 1.29 is 13.2 Å². The molecule has 0 fully saturated rings. The maximum absolute atomic E-state index is 12.9. The molecule has 0 saturated heterocycles. The van der Waals surface area contributed by atoms with Crippen LogP contribution in [0.1, 0.15) is 5.56 Å². The van der Waals surface area contributed by atoms with Gasteiger partial charge in [-0.05, 0) is 46.4 Å².